The second kappa shape index (κ2) is 5.63. The molecule has 16 heavy (non-hydrogen) atoms. The van der Waals surface area contributed by atoms with E-state index in [9.17, 15) is 0 Å². The van der Waals surface area contributed by atoms with Crippen molar-refractivity contribution in [1.82, 2.24) is 5.32 Å². The molecule has 1 unspecified atom stereocenters. The highest BCUT2D eigenvalue weighted by atomic mass is 79.9. The van der Waals surface area contributed by atoms with Crippen LogP contribution in [0.4, 0.5) is 0 Å². The molecule has 0 radical (unpaired) electrons. The molecule has 0 saturated carbocycles. The number of rotatable bonds is 5. The molecule has 1 aromatic rings. The number of halogens is 1. The topological polar surface area (TPSA) is 21.3 Å². The summed E-state index contributed by atoms with van der Waals surface area (Å²) in [6.45, 7) is 6.08. The summed E-state index contributed by atoms with van der Waals surface area (Å²) in [7, 11) is 0. The Bertz CT molecular complexity index is 334. The number of nitrogens with one attached hydrogen (secondary N) is 1. The molecule has 0 aliphatic carbocycles. The molecule has 0 aromatic carbocycles. The van der Waals surface area contributed by atoms with Crippen molar-refractivity contribution in [3.63, 3.8) is 0 Å². The number of hydrogen-bond acceptors (Lipinski definition) is 3. The maximum absolute atomic E-state index is 5.59. The van der Waals surface area contributed by atoms with Crippen LogP contribution in [0.2, 0.25) is 0 Å². The molecule has 0 bridgehead atoms. The zero-order chi connectivity index (χ0) is 11.4. The Morgan fingerprint density at radius 3 is 3.00 bits per heavy atom. The number of hydrogen-bond donors (Lipinski definition) is 1. The molecule has 2 nitrogen and oxygen atoms in total. The first kappa shape index (κ1) is 12.6. The van der Waals surface area contributed by atoms with Crippen LogP contribution in [0.1, 0.15) is 18.2 Å². The van der Waals surface area contributed by atoms with Gasteiger partial charge < -0.3 is 10.1 Å². The van der Waals surface area contributed by atoms with Gasteiger partial charge in [0.2, 0.25) is 0 Å². The Kier molecular flexibility index (Phi) is 4.41. The third-order valence-electron chi connectivity index (χ3n) is 3.11. The Labute approximate surface area is 110 Å². The lowest BCUT2D eigenvalue weighted by molar-refractivity contribution is 0.150. The molecular weight excluding hydrogens is 286 g/mol. The van der Waals surface area contributed by atoms with Crippen LogP contribution in [-0.4, -0.2) is 26.3 Å². The van der Waals surface area contributed by atoms with Crippen LogP contribution in [0.5, 0.6) is 0 Å². The zero-order valence-electron chi connectivity index (χ0n) is 9.59. The van der Waals surface area contributed by atoms with E-state index in [0.29, 0.717) is 5.41 Å². The highest BCUT2D eigenvalue weighted by molar-refractivity contribution is 9.11. The molecule has 90 valence electrons. The first-order chi connectivity index (χ1) is 7.74. The van der Waals surface area contributed by atoms with Crippen LogP contribution in [0.3, 0.4) is 0 Å². The summed E-state index contributed by atoms with van der Waals surface area (Å²) in [5, 5.41) is 3.47. The van der Waals surface area contributed by atoms with Crippen molar-refractivity contribution in [2.24, 2.45) is 5.41 Å². The molecule has 4 heteroatoms. The van der Waals surface area contributed by atoms with Crippen LogP contribution in [-0.2, 0) is 11.2 Å². The van der Waals surface area contributed by atoms with Gasteiger partial charge in [0.25, 0.3) is 0 Å². The molecule has 1 aliphatic rings. The quantitative estimate of drug-likeness (QED) is 0.902. The van der Waals surface area contributed by atoms with Crippen LogP contribution in [0.25, 0.3) is 0 Å². The molecule has 1 aromatic heterocycles. The number of thiophene rings is 1. The first-order valence-electron chi connectivity index (χ1n) is 5.77. The van der Waals surface area contributed by atoms with Gasteiger partial charge >= 0.3 is 0 Å². The molecule has 0 spiro atoms. The molecule has 1 aliphatic heterocycles. The maximum Gasteiger partial charge on any atom is 0.0701 e. The maximum atomic E-state index is 5.59. The smallest absolute Gasteiger partial charge is 0.0701 e. The van der Waals surface area contributed by atoms with E-state index in [1.165, 1.54) is 15.1 Å². The zero-order valence-corrected chi connectivity index (χ0v) is 12.0. The van der Waals surface area contributed by atoms with Crippen LogP contribution in [0.15, 0.2) is 15.9 Å². The second-order valence-electron chi connectivity index (χ2n) is 4.47. The van der Waals surface area contributed by atoms with Crippen LogP contribution in [0, 0.1) is 5.41 Å². The minimum absolute atomic E-state index is 0.320. The Hall–Kier alpha value is 0.1000. The minimum atomic E-state index is 0.320. The van der Waals surface area contributed by atoms with Crippen molar-refractivity contribution in [3.05, 3.63) is 20.8 Å². The van der Waals surface area contributed by atoms with Gasteiger partial charge in [0.05, 0.1) is 10.4 Å². The normalized spacial score (nSPS) is 25.1. The van der Waals surface area contributed by atoms with Crippen molar-refractivity contribution >= 4 is 27.3 Å². The first-order valence-corrected chi connectivity index (χ1v) is 7.38. The van der Waals surface area contributed by atoms with Gasteiger partial charge in [-0.3, -0.25) is 0 Å². The highest BCUT2D eigenvalue weighted by Crippen LogP contribution is 2.35. The van der Waals surface area contributed by atoms with Crippen molar-refractivity contribution in [2.75, 3.05) is 26.3 Å². The summed E-state index contributed by atoms with van der Waals surface area (Å²) in [5.74, 6) is 0. The van der Waals surface area contributed by atoms with Gasteiger partial charge in [-0.15, -0.1) is 11.3 Å². The van der Waals surface area contributed by atoms with Gasteiger partial charge in [0, 0.05) is 23.4 Å². The molecule has 1 saturated heterocycles. The summed E-state index contributed by atoms with van der Waals surface area (Å²) < 4.78 is 6.81. The van der Waals surface area contributed by atoms with E-state index in [2.05, 4.69) is 40.3 Å². The van der Waals surface area contributed by atoms with E-state index in [4.69, 9.17) is 4.74 Å². The van der Waals surface area contributed by atoms with Gasteiger partial charge in [-0.05, 0) is 47.4 Å². The fourth-order valence-electron chi connectivity index (χ4n) is 2.20. The van der Waals surface area contributed by atoms with Gasteiger partial charge in [0.1, 0.15) is 0 Å². The van der Waals surface area contributed by atoms with Crippen molar-refractivity contribution in [2.45, 2.75) is 19.8 Å². The lowest BCUT2D eigenvalue weighted by atomic mass is 9.83. The summed E-state index contributed by atoms with van der Waals surface area (Å²) in [6, 6.07) is 4.36. The van der Waals surface area contributed by atoms with Gasteiger partial charge in [0.15, 0.2) is 0 Å². The van der Waals surface area contributed by atoms with E-state index in [1.807, 2.05) is 11.3 Å². The van der Waals surface area contributed by atoms with Gasteiger partial charge in [-0.1, -0.05) is 6.92 Å². The predicted molar refractivity (Wildman–Crippen MR) is 72.1 cm³/mol. The monoisotopic (exact) mass is 303 g/mol. The average molecular weight is 304 g/mol. The summed E-state index contributed by atoms with van der Waals surface area (Å²) in [5.41, 5.74) is 0.320. The molecule has 1 N–H and O–H groups in total. The SMILES string of the molecule is CCNCC1(Cc2ccc(Br)s2)CCOC1. The van der Waals surface area contributed by atoms with E-state index < -0.39 is 0 Å². The fourth-order valence-corrected chi connectivity index (χ4v) is 3.85. The summed E-state index contributed by atoms with van der Waals surface area (Å²) in [4.78, 5) is 1.45. The van der Waals surface area contributed by atoms with Crippen molar-refractivity contribution in [3.8, 4) is 0 Å². The summed E-state index contributed by atoms with van der Waals surface area (Å²) in [6.07, 6.45) is 2.31. The lowest BCUT2D eigenvalue weighted by Gasteiger charge is -2.27. The van der Waals surface area contributed by atoms with Crippen molar-refractivity contribution < 1.29 is 4.74 Å². The van der Waals surface area contributed by atoms with E-state index in [1.54, 1.807) is 0 Å². The molecule has 1 atom stereocenters. The third kappa shape index (κ3) is 3.06. The van der Waals surface area contributed by atoms with E-state index >= 15 is 0 Å². The van der Waals surface area contributed by atoms with Crippen LogP contribution >= 0.6 is 27.3 Å². The van der Waals surface area contributed by atoms with Crippen molar-refractivity contribution in [1.29, 1.82) is 0 Å². The highest BCUT2D eigenvalue weighted by Gasteiger charge is 2.34. The van der Waals surface area contributed by atoms with Gasteiger partial charge in [-0.25, -0.2) is 0 Å². The summed E-state index contributed by atoms with van der Waals surface area (Å²) >= 11 is 5.36. The predicted octanol–water partition coefficient (Wildman–Crippen LogP) is 3.07. The van der Waals surface area contributed by atoms with Crippen LogP contribution < -0.4 is 5.32 Å². The Morgan fingerprint density at radius 1 is 1.56 bits per heavy atom. The molecule has 2 rings (SSSR count). The fraction of sp³-hybridized carbons (Fsp3) is 0.667. The molecule has 1 fully saturated rings. The number of ether oxygens (including phenoxy) is 1. The van der Waals surface area contributed by atoms with E-state index in [-0.39, 0.29) is 0 Å². The average Bonchev–Trinajstić information content (AvgIpc) is 2.87. The largest absolute Gasteiger partial charge is 0.381 e. The standard InChI is InChI=1S/C12H18BrNOS/c1-2-14-8-12(5-6-15-9-12)7-10-3-4-11(13)16-10/h3-4,14H,2,5-9H2,1H3. The Balaban J connectivity index is 2.02. The molecular formula is C12H18BrNOS. The van der Waals surface area contributed by atoms with E-state index in [0.717, 1.165) is 32.7 Å². The molecule has 0 amide bonds. The lowest BCUT2D eigenvalue weighted by Crippen LogP contribution is -2.36. The second-order valence-corrected chi connectivity index (χ2v) is 7.01. The minimum Gasteiger partial charge on any atom is -0.381 e. The Morgan fingerprint density at radius 2 is 2.44 bits per heavy atom. The third-order valence-corrected chi connectivity index (χ3v) is 4.74. The molecule has 2 heterocycles. The van der Waals surface area contributed by atoms with Gasteiger partial charge in [-0.2, -0.15) is 0 Å².